The highest BCUT2D eigenvalue weighted by molar-refractivity contribution is 5.80. The minimum atomic E-state index is -0.976. The number of urea groups is 1. The molecular weight excluding hydrogens is 270 g/mol. The van der Waals surface area contributed by atoms with Crippen molar-refractivity contribution in [1.29, 1.82) is 0 Å². The Hall–Kier alpha value is -1.30. The Bertz CT molecular complexity index is 317. The van der Waals surface area contributed by atoms with E-state index in [-0.39, 0.29) is 18.6 Å². The molecule has 0 rings (SSSR count). The van der Waals surface area contributed by atoms with Gasteiger partial charge >= 0.3 is 12.0 Å². The minimum absolute atomic E-state index is 0.120. The first kappa shape index (κ1) is 19.7. The quantitative estimate of drug-likeness (QED) is 0.670. The highest BCUT2D eigenvalue weighted by Crippen LogP contribution is 2.06. The van der Waals surface area contributed by atoms with E-state index in [0.29, 0.717) is 13.1 Å². The lowest BCUT2D eigenvalue weighted by atomic mass is 10.3. The molecule has 124 valence electrons. The number of rotatable bonds is 10. The monoisotopic (exact) mass is 301 g/mol. The second-order valence-corrected chi connectivity index (χ2v) is 5.36. The molecule has 0 aliphatic heterocycles. The van der Waals surface area contributed by atoms with E-state index in [2.05, 4.69) is 18.7 Å². The molecule has 0 aromatic heterocycles. The van der Waals surface area contributed by atoms with Crippen LogP contribution in [-0.4, -0.2) is 77.1 Å². The van der Waals surface area contributed by atoms with Gasteiger partial charge in [0.25, 0.3) is 0 Å². The summed E-state index contributed by atoms with van der Waals surface area (Å²) >= 11 is 0. The molecule has 0 heterocycles. The van der Waals surface area contributed by atoms with Crippen molar-refractivity contribution in [2.75, 3.05) is 39.3 Å². The minimum Gasteiger partial charge on any atom is -0.480 e. The predicted molar refractivity (Wildman–Crippen MR) is 84.5 cm³/mol. The Labute approximate surface area is 128 Å². The van der Waals surface area contributed by atoms with Crippen LogP contribution in [0, 0.1) is 0 Å². The largest absolute Gasteiger partial charge is 0.480 e. The van der Waals surface area contributed by atoms with Gasteiger partial charge in [-0.25, -0.2) is 4.79 Å². The van der Waals surface area contributed by atoms with Gasteiger partial charge in [-0.15, -0.1) is 0 Å². The molecular formula is C15H31N3O3. The molecule has 2 amide bonds. The zero-order valence-corrected chi connectivity index (χ0v) is 14.1. The summed E-state index contributed by atoms with van der Waals surface area (Å²) in [5, 5.41) is 8.93. The molecule has 0 radical (unpaired) electrons. The van der Waals surface area contributed by atoms with E-state index in [1.165, 1.54) is 4.90 Å². The maximum atomic E-state index is 12.4. The van der Waals surface area contributed by atoms with Gasteiger partial charge in [0.1, 0.15) is 6.54 Å². The molecule has 0 aromatic rings. The Morgan fingerprint density at radius 2 is 1.57 bits per heavy atom. The van der Waals surface area contributed by atoms with Crippen LogP contribution < -0.4 is 0 Å². The molecule has 0 atom stereocenters. The zero-order valence-electron chi connectivity index (χ0n) is 14.1. The van der Waals surface area contributed by atoms with Crippen molar-refractivity contribution in [3.05, 3.63) is 0 Å². The fourth-order valence-electron chi connectivity index (χ4n) is 2.21. The van der Waals surface area contributed by atoms with Crippen LogP contribution in [0.25, 0.3) is 0 Å². The second-order valence-electron chi connectivity index (χ2n) is 5.36. The van der Waals surface area contributed by atoms with E-state index < -0.39 is 5.97 Å². The number of carboxylic acid groups (broad SMARTS) is 1. The fraction of sp³-hybridized carbons (Fsp3) is 0.867. The summed E-state index contributed by atoms with van der Waals surface area (Å²) in [4.78, 5) is 28.8. The number of hydrogen-bond acceptors (Lipinski definition) is 3. The van der Waals surface area contributed by atoms with Crippen molar-refractivity contribution in [2.45, 2.75) is 47.1 Å². The predicted octanol–water partition coefficient (Wildman–Crippen LogP) is 1.96. The molecule has 0 aliphatic carbocycles. The summed E-state index contributed by atoms with van der Waals surface area (Å²) in [5.74, 6) is -0.976. The number of carbonyl (C=O) groups excluding carboxylic acids is 1. The summed E-state index contributed by atoms with van der Waals surface area (Å²) in [5.41, 5.74) is 0. The van der Waals surface area contributed by atoms with Crippen LogP contribution in [0.4, 0.5) is 4.79 Å². The molecule has 6 heteroatoms. The fourth-order valence-corrected chi connectivity index (χ4v) is 2.21. The molecule has 0 saturated heterocycles. The highest BCUT2D eigenvalue weighted by atomic mass is 16.4. The number of carboxylic acids is 1. The van der Waals surface area contributed by atoms with Crippen molar-refractivity contribution < 1.29 is 14.7 Å². The van der Waals surface area contributed by atoms with Crippen molar-refractivity contribution in [1.82, 2.24) is 14.7 Å². The molecule has 0 aliphatic rings. The number of carbonyl (C=O) groups is 2. The van der Waals surface area contributed by atoms with Gasteiger partial charge in [0.15, 0.2) is 0 Å². The molecule has 0 bridgehead atoms. The normalized spacial score (nSPS) is 11.0. The van der Waals surface area contributed by atoms with Gasteiger partial charge in [-0.05, 0) is 46.8 Å². The van der Waals surface area contributed by atoms with Gasteiger partial charge in [-0.2, -0.15) is 0 Å². The zero-order chi connectivity index (χ0) is 16.4. The standard InChI is InChI=1S/C15H31N3O3/c1-6-16(7-2)10-9-11-17(8-3)15(21)18(13(4)5)12-14(19)20/h13H,6-12H2,1-5H3,(H,19,20). The van der Waals surface area contributed by atoms with Crippen molar-refractivity contribution in [3.8, 4) is 0 Å². The Kier molecular flexibility index (Phi) is 9.78. The molecule has 0 unspecified atom stereocenters. The second kappa shape index (κ2) is 10.4. The summed E-state index contributed by atoms with van der Waals surface area (Å²) < 4.78 is 0. The van der Waals surface area contributed by atoms with E-state index in [1.807, 2.05) is 20.8 Å². The van der Waals surface area contributed by atoms with Crippen LogP contribution in [0.5, 0.6) is 0 Å². The van der Waals surface area contributed by atoms with E-state index in [9.17, 15) is 9.59 Å². The van der Waals surface area contributed by atoms with Crippen LogP contribution in [-0.2, 0) is 4.79 Å². The molecule has 0 spiro atoms. The molecule has 0 aromatic carbocycles. The maximum absolute atomic E-state index is 12.4. The van der Waals surface area contributed by atoms with Crippen molar-refractivity contribution in [3.63, 3.8) is 0 Å². The summed E-state index contributed by atoms with van der Waals surface area (Å²) in [6, 6.07) is -0.306. The van der Waals surface area contributed by atoms with E-state index in [1.54, 1.807) is 4.90 Å². The molecule has 21 heavy (non-hydrogen) atoms. The molecule has 1 N–H and O–H groups in total. The summed E-state index contributed by atoms with van der Waals surface area (Å²) in [6.07, 6.45) is 0.903. The first-order valence-electron chi connectivity index (χ1n) is 7.86. The van der Waals surface area contributed by atoms with Crippen LogP contribution in [0.3, 0.4) is 0 Å². The summed E-state index contributed by atoms with van der Waals surface area (Å²) in [6.45, 7) is 13.8. The van der Waals surface area contributed by atoms with Gasteiger partial charge in [-0.1, -0.05) is 13.8 Å². The van der Waals surface area contributed by atoms with Crippen LogP contribution in [0.2, 0.25) is 0 Å². The smallest absolute Gasteiger partial charge is 0.323 e. The maximum Gasteiger partial charge on any atom is 0.323 e. The highest BCUT2D eigenvalue weighted by Gasteiger charge is 2.24. The lowest BCUT2D eigenvalue weighted by molar-refractivity contribution is -0.138. The van der Waals surface area contributed by atoms with Crippen molar-refractivity contribution >= 4 is 12.0 Å². The van der Waals surface area contributed by atoms with Crippen LogP contribution >= 0.6 is 0 Å². The third kappa shape index (κ3) is 7.32. The third-order valence-corrected chi connectivity index (χ3v) is 3.62. The third-order valence-electron chi connectivity index (χ3n) is 3.62. The van der Waals surface area contributed by atoms with Crippen LogP contribution in [0.15, 0.2) is 0 Å². The molecule has 6 nitrogen and oxygen atoms in total. The van der Waals surface area contributed by atoms with Gasteiger partial charge in [0, 0.05) is 19.1 Å². The van der Waals surface area contributed by atoms with E-state index >= 15 is 0 Å². The SMILES string of the molecule is CCN(CC)CCCN(CC)C(=O)N(CC(=O)O)C(C)C. The summed E-state index contributed by atoms with van der Waals surface area (Å²) in [7, 11) is 0. The number of hydrogen-bond donors (Lipinski definition) is 1. The Morgan fingerprint density at radius 3 is 1.95 bits per heavy atom. The topological polar surface area (TPSA) is 64.1 Å². The lowest BCUT2D eigenvalue weighted by Gasteiger charge is -2.32. The number of aliphatic carboxylic acids is 1. The number of amides is 2. The molecule has 0 fully saturated rings. The van der Waals surface area contributed by atoms with Gasteiger partial charge < -0.3 is 19.8 Å². The average molecular weight is 301 g/mol. The average Bonchev–Trinajstić information content (AvgIpc) is 2.44. The molecule has 0 saturated carbocycles. The number of nitrogens with zero attached hydrogens (tertiary/aromatic N) is 3. The lowest BCUT2D eigenvalue weighted by Crippen LogP contribution is -2.49. The van der Waals surface area contributed by atoms with E-state index in [0.717, 1.165) is 26.1 Å². The first-order valence-corrected chi connectivity index (χ1v) is 7.86. The Balaban J connectivity index is 4.54. The first-order chi connectivity index (χ1) is 9.87. The Morgan fingerprint density at radius 1 is 1.00 bits per heavy atom. The van der Waals surface area contributed by atoms with Gasteiger partial charge in [-0.3, -0.25) is 4.79 Å². The van der Waals surface area contributed by atoms with Gasteiger partial charge in [0.05, 0.1) is 0 Å². The van der Waals surface area contributed by atoms with Gasteiger partial charge in [0.2, 0.25) is 0 Å². The van der Waals surface area contributed by atoms with Crippen molar-refractivity contribution in [2.24, 2.45) is 0 Å². The van der Waals surface area contributed by atoms with Crippen LogP contribution in [0.1, 0.15) is 41.0 Å². The van der Waals surface area contributed by atoms with E-state index in [4.69, 9.17) is 5.11 Å².